The van der Waals surface area contributed by atoms with Crippen LogP contribution in [0.3, 0.4) is 0 Å². The Morgan fingerprint density at radius 1 is 0.581 bits per heavy atom. The number of amides is 2. The van der Waals surface area contributed by atoms with Crippen LogP contribution in [0.5, 0.6) is 11.5 Å². The normalized spacial score (nSPS) is 19.1. The van der Waals surface area contributed by atoms with Gasteiger partial charge in [-0.05, 0) is 172 Å². The molecular weight excluding hydrogens is 1190 g/mol. The highest BCUT2D eigenvalue weighted by Crippen LogP contribution is 2.44. The molecule has 0 aromatic heterocycles. The van der Waals surface area contributed by atoms with Gasteiger partial charge in [-0.2, -0.15) is 0 Å². The summed E-state index contributed by atoms with van der Waals surface area (Å²) in [5, 5.41) is 10.1. The van der Waals surface area contributed by atoms with Crippen LogP contribution in [0.2, 0.25) is 10.0 Å². The number of nitrogens with zero attached hydrogens (tertiary/aromatic N) is 2. The van der Waals surface area contributed by atoms with Crippen molar-refractivity contribution in [3.8, 4) is 11.5 Å². The van der Waals surface area contributed by atoms with Gasteiger partial charge in [0.2, 0.25) is 10.0 Å². The maximum absolute atomic E-state index is 15.6. The molecule has 4 aliphatic rings. The maximum atomic E-state index is 15.6. The predicted octanol–water partition coefficient (Wildman–Crippen LogP) is 8.79. The van der Waals surface area contributed by atoms with Crippen LogP contribution in [0, 0.1) is 25.5 Å². The number of carbonyl (C=O) groups is 2. The smallest absolute Gasteiger partial charge is 0.314 e. The second-order valence-electron chi connectivity index (χ2n) is 22.4. The number of nitrogens with one attached hydrogen (secondary N) is 4. The summed E-state index contributed by atoms with van der Waals surface area (Å²) in [6.07, 6.45) is 7.79. The van der Waals surface area contributed by atoms with Gasteiger partial charge in [-0.1, -0.05) is 36.0 Å². The minimum Gasteiger partial charge on any atom is -0.481 e. The Bertz CT molecular complexity index is 2920. The van der Waals surface area contributed by atoms with Gasteiger partial charge in [0.25, 0.3) is 0 Å². The van der Waals surface area contributed by atoms with Crippen LogP contribution in [0.15, 0.2) is 70.5 Å². The first-order valence-corrected chi connectivity index (χ1v) is 34.1. The Kier molecular flexibility index (Phi) is 26.1. The number of ether oxygens (including phenoxy) is 6. The summed E-state index contributed by atoms with van der Waals surface area (Å²) in [6.45, 7) is 11.9. The second kappa shape index (κ2) is 33.3. The maximum Gasteiger partial charge on any atom is 0.314 e. The Morgan fingerprint density at radius 3 is 1.69 bits per heavy atom. The van der Waals surface area contributed by atoms with Crippen molar-refractivity contribution in [2.45, 2.75) is 125 Å². The summed E-state index contributed by atoms with van der Waals surface area (Å²) in [4.78, 5) is 29.0. The molecule has 474 valence electrons. The predicted molar refractivity (Wildman–Crippen MR) is 326 cm³/mol. The molecule has 4 aromatic carbocycles. The van der Waals surface area contributed by atoms with Crippen molar-refractivity contribution in [3.63, 3.8) is 0 Å². The van der Waals surface area contributed by atoms with Gasteiger partial charge in [-0.25, -0.2) is 35.1 Å². The highest BCUT2D eigenvalue weighted by molar-refractivity contribution is 7.91. The van der Waals surface area contributed by atoms with E-state index >= 15 is 8.78 Å². The number of unbranched alkanes of at least 4 members (excludes halogenated alkanes) is 2. The number of aryl methyl sites for hydroxylation is 2. The van der Waals surface area contributed by atoms with Crippen LogP contribution in [-0.4, -0.2) is 168 Å². The molecule has 2 fully saturated rings. The quantitative estimate of drug-likeness (QED) is 0.0317. The standard InChI is InChI=1S/C62H84Cl2F2N6O12S2/c1-43-35-45(63)37-52-50(43)41-56(71-22-7-4-8-23-71)60(52)84-59-16-14-49(40-55(59)66)86(77,78)70-21-29-82-33-30-79-26-9-12-47(73)11-5-3-6-17-68-62(74)69-20-28-81-32-31-80-27-10-34-85(75,76)48-13-15-58(54(65)39-48)83-61-53-38-46(64)36-44(2)51(53)42-57(61)72-24-18-67-19-25-72/h13-16,35-40,56-57,60-61,67,70H,3-12,17-34,41-42H2,1-2H3,(H2,68,69,74)/t56-,57-,60-,61-/m0/s1. The Morgan fingerprint density at radius 2 is 1.09 bits per heavy atom. The molecule has 2 aliphatic carbocycles. The van der Waals surface area contributed by atoms with Crippen molar-refractivity contribution in [3.05, 3.63) is 116 Å². The second-order valence-corrected chi connectivity index (χ2v) is 27.2. The highest BCUT2D eigenvalue weighted by Gasteiger charge is 2.42. The van der Waals surface area contributed by atoms with Crippen molar-refractivity contribution >= 4 is 54.9 Å². The summed E-state index contributed by atoms with van der Waals surface area (Å²) in [7, 11) is -7.82. The number of likely N-dealkylation sites (tertiary alicyclic amines) is 1. The lowest BCUT2D eigenvalue weighted by Gasteiger charge is -2.36. The summed E-state index contributed by atoms with van der Waals surface area (Å²) in [5.74, 6) is -1.64. The molecule has 4 atom stereocenters. The van der Waals surface area contributed by atoms with Crippen molar-refractivity contribution in [2.75, 3.05) is 118 Å². The van der Waals surface area contributed by atoms with E-state index in [2.05, 4.69) is 30.5 Å². The lowest BCUT2D eigenvalue weighted by atomic mass is 10.0. The topological polar surface area (TPSA) is 212 Å². The van der Waals surface area contributed by atoms with Crippen molar-refractivity contribution in [1.82, 2.24) is 30.5 Å². The van der Waals surface area contributed by atoms with Crippen molar-refractivity contribution < 1.29 is 63.6 Å². The average molecular weight is 1280 g/mol. The molecule has 8 rings (SSSR count). The van der Waals surface area contributed by atoms with Crippen LogP contribution in [-0.2, 0) is 56.4 Å². The zero-order valence-electron chi connectivity index (χ0n) is 49.4. The summed E-state index contributed by atoms with van der Waals surface area (Å²) in [6, 6.07) is 14.8. The van der Waals surface area contributed by atoms with E-state index in [9.17, 15) is 26.4 Å². The number of rotatable bonds is 35. The molecule has 0 saturated carbocycles. The number of sulfonamides is 1. The average Bonchev–Trinajstić information content (AvgIpc) is 1.75. The zero-order valence-corrected chi connectivity index (χ0v) is 52.6. The Hall–Kier alpha value is -4.56. The van der Waals surface area contributed by atoms with E-state index in [1.54, 1.807) is 0 Å². The first-order chi connectivity index (χ1) is 41.5. The van der Waals surface area contributed by atoms with Crippen LogP contribution < -0.4 is 30.1 Å². The van der Waals surface area contributed by atoms with E-state index in [4.69, 9.17) is 51.6 Å². The fraction of sp³-hybridized carbons (Fsp3) is 0.581. The minimum absolute atomic E-state index is 0.0129. The number of fused-ring (bicyclic) bond motifs is 2. The first-order valence-electron chi connectivity index (χ1n) is 30.2. The number of urea groups is 1. The molecule has 0 spiro atoms. The molecule has 2 saturated heterocycles. The number of hydrogen-bond donors (Lipinski definition) is 4. The molecule has 4 aromatic rings. The summed E-state index contributed by atoms with van der Waals surface area (Å²) in [5.41, 5.74) is 6.31. The van der Waals surface area contributed by atoms with Gasteiger partial charge in [-0.3, -0.25) is 14.6 Å². The van der Waals surface area contributed by atoms with Gasteiger partial charge in [0.05, 0.1) is 67.3 Å². The molecule has 4 N–H and O–H groups in total. The lowest BCUT2D eigenvalue weighted by Crippen LogP contribution is -2.50. The molecule has 2 aliphatic heterocycles. The number of halogens is 4. The fourth-order valence-corrected chi connectivity index (χ4v) is 14.6. The van der Waals surface area contributed by atoms with Crippen LogP contribution in [0.25, 0.3) is 0 Å². The van der Waals surface area contributed by atoms with Gasteiger partial charge in [-0.15, -0.1) is 0 Å². The lowest BCUT2D eigenvalue weighted by molar-refractivity contribution is -0.119. The molecule has 0 unspecified atom stereocenters. The third-order valence-electron chi connectivity index (χ3n) is 16.2. The first kappa shape index (κ1) is 67.4. The largest absolute Gasteiger partial charge is 0.481 e. The van der Waals surface area contributed by atoms with Gasteiger partial charge < -0.3 is 44.4 Å². The summed E-state index contributed by atoms with van der Waals surface area (Å²) < 4.78 is 121. The number of piperidine rings is 1. The molecule has 86 heavy (non-hydrogen) atoms. The van der Waals surface area contributed by atoms with E-state index in [1.165, 1.54) is 30.7 Å². The van der Waals surface area contributed by atoms with Crippen molar-refractivity contribution in [2.24, 2.45) is 0 Å². The number of hydrogen-bond acceptors (Lipinski definition) is 15. The fourth-order valence-electron chi connectivity index (χ4n) is 11.8. The van der Waals surface area contributed by atoms with Gasteiger partial charge >= 0.3 is 6.03 Å². The third-order valence-corrected chi connectivity index (χ3v) is 19.9. The summed E-state index contributed by atoms with van der Waals surface area (Å²) >= 11 is 12.9. The molecule has 0 bridgehead atoms. The van der Waals surface area contributed by atoms with E-state index in [0.717, 1.165) is 123 Å². The SMILES string of the molecule is Cc1cc(Cl)cc2c1C[C@H](N1CCCCC1)[C@H]2Oc1ccc(S(=O)(=O)NCCOCCOCCCC(=O)CCCCCNC(=O)NCCOCCOCCCS(=O)(=O)c2ccc(O[C@H]3c4cc(Cl)cc(C)c4C[C@@H]3N3CCNCC3)c(F)c2)cc1F. The van der Waals surface area contributed by atoms with E-state index in [0.29, 0.717) is 48.9 Å². The number of benzene rings is 4. The zero-order chi connectivity index (χ0) is 61.1. The van der Waals surface area contributed by atoms with Gasteiger partial charge in [0.1, 0.15) is 18.0 Å². The number of piperazine rings is 1. The monoisotopic (exact) mass is 1280 g/mol. The Labute approximate surface area is 515 Å². The van der Waals surface area contributed by atoms with E-state index in [1.807, 2.05) is 38.1 Å². The van der Waals surface area contributed by atoms with Gasteiger partial charge in [0, 0.05) is 81.9 Å². The number of carbonyl (C=O) groups excluding carboxylic acids is 2. The minimum atomic E-state index is -4.03. The molecular formula is C62H84Cl2F2N6O12S2. The molecule has 18 nitrogen and oxygen atoms in total. The van der Waals surface area contributed by atoms with Crippen LogP contribution >= 0.6 is 23.2 Å². The third kappa shape index (κ3) is 19.5. The van der Waals surface area contributed by atoms with Gasteiger partial charge in [0.15, 0.2) is 33.0 Å². The van der Waals surface area contributed by atoms with Crippen LogP contribution in [0.4, 0.5) is 13.6 Å². The number of sulfone groups is 1. The van der Waals surface area contributed by atoms with Crippen molar-refractivity contribution in [1.29, 1.82) is 0 Å². The number of Topliss-reactive ketones (excluding diaryl/α,β-unsaturated/α-hetero) is 1. The van der Waals surface area contributed by atoms with E-state index in [-0.39, 0.29) is 117 Å². The molecule has 0 radical (unpaired) electrons. The highest BCUT2D eigenvalue weighted by atomic mass is 35.5. The Balaban J connectivity index is 0.587. The molecule has 24 heteroatoms. The molecule has 2 heterocycles. The molecule has 2 amide bonds. The number of ketones is 1. The van der Waals surface area contributed by atoms with Crippen LogP contribution in [0.1, 0.15) is 110 Å². The van der Waals surface area contributed by atoms with E-state index < -0.39 is 43.7 Å².